The molecule has 0 spiro atoms. The third kappa shape index (κ3) is 3.95. The Labute approximate surface area is 142 Å². The van der Waals surface area contributed by atoms with Gasteiger partial charge in [0.2, 0.25) is 0 Å². The summed E-state index contributed by atoms with van der Waals surface area (Å²) in [4.78, 5) is 21.1. The molecule has 0 N–H and O–H groups in total. The second kappa shape index (κ2) is 6.66. The van der Waals surface area contributed by atoms with Gasteiger partial charge in [-0.25, -0.2) is 0 Å². The van der Waals surface area contributed by atoms with Crippen LogP contribution in [0.1, 0.15) is 10.4 Å². The summed E-state index contributed by atoms with van der Waals surface area (Å²) >= 11 is 11.6. The van der Waals surface area contributed by atoms with E-state index in [9.17, 15) is 28.1 Å². The van der Waals surface area contributed by atoms with Crippen molar-refractivity contribution in [2.75, 3.05) is 0 Å². The molecule has 0 aliphatic rings. The van der Waals surface area contributed by atoms with E-state index in [-0.39, 0.29) is 27.2 Å². The lowest BCUT2D eigenvalue weighted by atomic mass is 10.1. The summed E-state index contributed by atoms with van der Waals surface area (Å²) in [5, 5.41) is 9.94. The van der Waals surface area contributed by atoms with Gasteiger partial charge in [0.25, 0.3) is 11.5 Å². The van der Waals surface area contributed by atoms with Gasteiger partial charge in [-0.05, 0) is 24.3 Å². The zero-order valence-electron chi connectivity index (χ0n) is 11.4. The van der Waals surface area contributed by atoms with E-state index in [4.69, 9.17) is 27.9 Å². The number of Topliss-reactive ketones (excluding diaryl/α,β-unsaturated/α-hetero) is 1. The summed E-state index contributed by atoms with van der Waals surface area (Å²) in [7, 11) is 0. The first-order valence-corrected chi connectivity index (χ1v) is 6.88. The van der Waals surface area contributed by atoms with Crippen molar-refractivity contribution < 1.29 is 27.6 Å². The summed E-state index contributed by atoms with van der Waals surface area (Å²) in [5.41, 5.74) is -0.904. The zero-order valence-corrected chi connectivity index (χ0v) is 12.9. The lowest BCUT2D eigenvalue weighted by Gasteiger charge is -2.12. The number of alkyl halides is 3. The number of hydrogen-bond acceptors (Lipinski definition) is 4. The molecule has 0 saturated carbocycles. The summed E-state index contributed by atoms with van der Waals surface area (Å²) < 4.78 is 42.6. The van der Waals surface area contributed by atoms with Crippen LogP contribution >= 0.6 is 23.2 Å². The maximum Gasteiger partial charge on any atom is 0.454 e. The number of carbonyl (C=O) groups excluding carboxylic acids is 1. The molecular formula is C14H6Cl2F3NO4. The molecule has 2 aromatic carbocycles. The molecule has 126 valence electrons. The fourth-order valence-corrected chi connectivity index (χ4v) is 2.27. The Morgan fingerprint density at radius 2 is 1.58 bits per heavy atom. The minimum Gasteiger partial charge on any atom is -0.454 e. The lowest BCUT2D eigenvalue weighted by Crippen LogP contribution is -2.22. The highest BCUT2D eigenvalue weighted by Crippen LogP contribution is 2.38. The number of carbonyl (C=O) groups is 1. The number of ether oxygens (including phenoxy) is 1. The summed E-state index contributed by atoms with van der Waals surface area (Å²) in [6.07, 6.45) is -5.06. The van der Waals surface area contributed by atoms with Gasteiger partial charge in [-0.1, -0.05) is 23.2 Å². The SMILES string of the molecule is O=C(c1cc(Cl)c(Oc2ccc([N+](=O)[O-])cc2)c(Cl)c1)C(F)(F)F. The number of rotatable bonds is 4. The third-order valence-corrected chi connectivity index (χ3v) is 3.35. The van der Waals surface area contributed by atoms with Crippen LogP contribution in [0.5, 0.6) is 11.5 Å². The Balaban J connectivity index is 2.32. The number of ketones is 1. The van der Waals surface area contributed by atoms with Crippen molar-refractivity contribution in [1.82, 2.24) is 0 Å². The standard InChI is InChI=1S/C14H6Cl2F3NO4/c15-10-5-7(13(21)14(17,18)19)6-11(16)12(10)24-9-3-1-8(2-4-9)20(22)23/h1-6H. The Bertz CT molecular complexity index is 784. The van der Waals surface area contributed by atoms with Crippen LogP contribution in [-0.2, 0) is 0 Å². The van der Waals surface area contributed by atoms with Gasteiger partial charge in [0, 0.05) is 17.7 Å². The molecule has 0 aliphatic carbocycles. The highest BCUT2D eigenvalue weighted by atomic mass is 35.5. The molecule has 10 heteroatoms. The van der Waals surface area contributed by atoms with Crippen LogP contribution in [0.4, 0.5) is 18.9 Å². The molecule has 0 aromatic heterocycles. The Morgan fingerprint density at radius 1 is 1.08 bits per heavy atom. The van der Waals surface area contributed by atoms with E-state index < -0.39 is 22.4 Å². The molecule has 0 bridgehead atoms. The first-order valence-electron chi connectivity index (χ1n) is 6.12. The van der Waals surface area contributed by atoms with Gasteiger partial charge in [-0.3, -0.25) is 14.9 Å². The largest absolute Gasteiger partial charge is 0.454 e. The van der Waals surface area contributed by atoms with E-state index in [0.717, 1.165) is 12.1 Å². The van der Waals surface area contributed by atoms with Gasteiger partial charge < -0.3 is 4.74 Å². The van der Waals surface area contributed by atoms with E-state index in [1.807, 2.05) is 0 Å². The highest BCUT2D eigenvalue weighted by Gasteiger charge is 2.39. The summed E-state index contributed by atoms with van der Waals surface area (Å²) in [5.74, 6) is -2.14. The number of non-ortho nitro benzene ring substituents is 1. The van der Waals surface area contributed by atoms with Crippen LogP contribution in [0.15, 0.2) is 36.4 Å². The minimum absolute atomic E-state index is 0.124. The van der Waals surface area contributed by atoms with E-state index in [1.165, 1.54) is 24.3 Å². The first-order chi connectivity index (χ1) is 11.1. The zero-order chi connectivity index (χ0) is 18.1. The van der Waals surface area contributed by atoms with Crippen LogP contribution in [0.2, 0.25) is 10.0 Å². The number of nitro benzene ring substituents is 1. The second-order valence-electron chi connectivity index (χ2n) is 4.45. The average Bonchev–Trinajstić information content (AvgIpc) is 2.49. The maximum atomic E-state index is 12.4. The Kier molecular flexibility index (Phi) is 5.00. The van der Waals surface area contributed by atoms with Gasteiger partial charge in [0.1, 0.15) is 5.75 Å². The van der Waals surface area contributed by atoms with Crippen LogP contribution in [0.3, 0.4) is 0 Å². The molecule has 0 heterocycles. The van der Waals surface area contributed by atoms with Crippen LogP contribution in [-0.4, -0.2) is 16.9 Å². The Hall–Kier alpha value is -2.32. The molecule has 2 rings (SSSR count). The van der Waals surface area contributed by atoms with Crippen molar-refractivity contribution in [3.05, 3.63) is 62.1 Å². The summed E-state index contributed by atoms with van der Waals surface area (Å²) in [6, 6.07) is 6.42. The molecule has 0 saturated heterocycles. The van der Waals surface area contributed by atoms with Crippen molar-refractivity contribution in [3.8, 4) is 11.5 Å². The van der Waals surface area contributed by atoms with E-state index >= 15 is 0 Å². The van der Waals surface area contributed by atoms with Gasteiger partial charge in [0.15, 0.2) is 5.75 Å². The van der Waals surface area contributed by atoms with Crippen molar-refractivity contribution >= 4 is 34.7 Å². The topological polar surface area (TPSA) is 69.4 Å². The monoisotopic (exact) mass is 379 g/mol. The minimum atomic E-state index is -5.06. The second-order valence-corrected chi connectivity index (χ2v) is 5.26. The van der Waals surface area contributed by atoms with Crippen LogP contribution in [0.25, 0.3) is 0 Å². The number of halogens is 5. The number of nitro groups is 1. The molecule has 0 unspecified atom stereocenters. The highest BCUT2D eigenvalue weighted by molar-refractivity contribution is 6.37. The fourth-order valence-electron chi connectivity index (χ4n) is 1.71. The van der Waals surface area contributed by atoms with Crippen molar-refractivity contribution in [2.45, 2.75) is 6.18 Å². The first kappa shape index (κ1) is 18.0. The fraction of sp³-hybridized carbons (Fsp3) is 0.0714. The van der Waals surface area contributed by atoms with Crippen LogP contribution < -0.4 is 4.74 Å². The van der Waals surface area contributed by atoms with Crippen molar-refractivity contribution in [3.63, 3.8) is 0 Å². The smallest absolute Gasteiger partial charge is 0.454 e. The molecule has 0 atom stereocenters. The molecule has 5 nitrogen and oxygen atoms in total. The predicted octanol–water partition coefficient (Wildman–Crippen LogP) is 5.44. The maximum absolute atomic E-state index is 12.4. The van der Waals surface area contributed by atoms with Crippen molar-refractivity contribution in [2.24, 2.45) is 0 Å². The quantitative estimate of drug-likeness (QED) is 0.403. The van der Waals surface area contributed by atoms with Gasteiger partial charge in [-0.2, -0.15) is 13.2 Å². The van der Waals surface area contributed by atoms with E-state index in [2.05, 4.69) is 0 Å². The number of nitrogens with zero attached hydrogens (tertiary/aromatic N) is 1. The summed E-state index contributed by atoms with van der Waals surface area (Å²) in [6.45, 7) is 0. The van der Waals surface area contributed by atoms with E-state index in [0.29, 0.717) is 0 Å². The molecule has 0 aliphatic heterocycles. The molecule has 0 amide bonds. The third-order valence-electron chi connectivity index (χ3n) is 2.79. The normalized spacial score (nSPS) is 11.2. The van der Waals surface area contributed by atoms with Gasteiger partial charge in [-0.15, -0.1) is 0 Å². The van der Waals surface area contributed by atoms with Gasteiger partial charge in [0.05, 0.1) is 15.0 Å². The van der Waals surface area contributed by atoms with Gasteiger partial charge >= 0.3 is 6.18 Å². The van der Waals surface area contributed by atoms with E-state index in [1.54, 1.807) is 0 Å². The molecular weight excluding hydrogens is 374 g/mol. The lowest BCUT2D eigenvalue weighted by molar-refractivity contribution is -0.384. The van der Waals surface area contributed by atoms with Crippen molar-refractivity contribution in [1.29, 1.82) is 0 Å². The average molecular weight is 380 g/mol. The molecule has 0 radical (unpaired) electrons. The molecule has 2 aromatic rings. The number of hydrogen-bond donors (Lipinski definition) is 0. The molecule has 0 fully saturated rings. The molecule has 24 heavy (non-hydrogen) atoms. The Morgan fingerprint density at radius 3 is 2.00 bits per heavy atom. The van der Waals surface area contributed by atoms with Crippen LogP contribution in [0, 0.1) is 10.1 Å². The number of benzene rings is 2. The predicted molar refractivity (Wildman–Crippen MR) is 80.0 cm³/mol.